The van der Waals surface area contributed by atoms with Gasteiger partial charge in [0.25, 0.3) is 5.91 Å². The van der Waals surface area contributed by atoms with Gasteiger partial charge in [-0.25, -0.2) is 0 Å². The van der Waals surface area contributed by atoms with E-state index < -0.39 is 17.6 Å². The molecule has 0 bridgehead atoms. The number of carbonyl (C=O) groups is 2. The van der Waals surface area contributed by atoms with Crippen molar-refractivity contribution in [1.82, 2.24) is 5.32 Å². The van der Waals surface area contributed by atoms with Gasteiger partial charge in [-0.2, -0.15) is 0 Å². The number of halogens is 2. The lowest BCUT2D eigenvalue weighted by atomic mass is 9.98. The summed E-state index contributed by atoms with van der Waals surface area (Å²) < 4.78 is 5.51. The molecule has 1 atom stereocenters. The maximum absolute atomic E-state index is 12.1. The van der Waals surface area contributed by atoms with Crippen LogP contribution in [0.3, 0.4) is 0 Å². The first-order valence-electron chi connectivity index (χ1n) is 6.75. The summed E-state index contributed by atoms with van der Waals surface area (Å²) in [6, 6.07) is 4.69. The molecule has 0 fully saturated rings. The van der Waals surface area contributed by atoms with E-state index in [1.165, 1.54) is 0 Å². The third-order valence-electron chi connectivity index (χ3n) is 2.94. The molecule has 0 saturated heterocycles. The van der Waals surface area contributed by atoms with Crippen molar-refractivity contribution in [3.05, 3.63) is 28.2 Å². The zero-order valence-corrected chi connectivity index (χ0v) is 14.2. The maximum Gasteiger partial charge on any atom is 0.303 e. The fourth-order valence-electron chi connectivity index (χ4n) is 1.77. The number of hydrogen-bond acceptors (Lipinski definition) is 3. The monoisotopic (exact) mass is 347 g/mol. The van der Waals surface area contributed by atoms with Gasteiger partial charge in [0.2, 0.25) is 0 Å². The minimum Gasteiger partial charge on any atom is -0.481 e. The summed E-state index contributed by atoms with van der Waals surface area (Å²) >= 11 is 11.7. The minimum absolute atomic E-state index is 0.0214. The van der Waals surface area contributed by atoms with Gasteiger partial charge < -0.3 is 15.2 Å². The van der Waals surface area contributed by atoms with E-state index in [1.54, 1.807) is 39.0 Å². The Labute approximate surface area is 139 Å². The van der Waals surface area contributed by atoms with E-state index in [-0.39, 0.29) is 12.3 Å². The van der Waals surface area contributed by atoms with E-state index >= 15 is 0 Å². The number of nitrogens with one attached hydrogen (secondary N) is 1. The van der Waals surface area contributed by atoms with E-state index in [0.717, 1.165) is 0 Å². The standard InChI is InChI=1S/C15H19Cl2NO4/c1-9(22-12-7-10(16)6-11(17)8-12)14(21)18-15(2,3)5-4-13(19)20/h6-9H,4-5H2,1-3H3,(H,18,21)(H,19,20). The Morgan fingerprint density at radius 1 is 1.27 bits per heavy atom. The number of carbonyl (C=O) groups excluding carboxylic acids is 1. The maximum atomic E-state index is 12.1. The van der Waals surface area contributed by atoms with Gasteiger partial charge in [-0.3, -0.25) is 9.59 Å². The number of ether oxygens (including phenoxy) is 1. The van der Waals surface area contributed by atoms with Crippen molar-refractivity contribution in [2.45, 2.75) is 45.3 Å². The van der Waals surface area contributed by atoms with Crippen molar-refractivity contribution in [1.29, 1.82) is 0 Å². The van der Waals surface area contributed by atoms with Crippen LogP contribution in [0.5, 0.6) is 5.75 Å². The summed E-state index contributed by atoms with van der Waals surface area (Å²) in [4.78, 5) is 22.7. The SMILES string of the molecule is CC(Oc1cc(Cl)cc(Cl)c1)C(=O)NC(C)(C)CCC(=O)O. The van der Waals surface area contributed by atoms with Crippen molar-refractivity contribution >= 4 is 35.1 Å². The number of aliphatic carboxylic acids is 1. The molecule has 1 aromatic carbocycles. The number of rotatable bonds is 7. The van der Waals surface area contributed by atoms with Gasteiger partial charge in [0.1, 0.15) is 5.75 Å². The second-order valence-electron chi connectivity index (χ2n) is 5.63. The number of amides is 1. The van der Waals surface area contributed by atoms with E-state index in [0.29, 0.717) is 22.2 Å². The number of carboxylic acids is 1. The molecule has 0 radical (unpaired) electrons. The Kier molecular flexibility index (Phi) is 6.50. The molecule has 22 heavy (non-hydrogen) atoms. The molecule has 0 aliphatic heterocycles. The van der Waals surface area contributed by atoms with Gasteiger partial charge in [0.05, 0.1) is 0 Å². The van der Waals surface area contributed by atoms with E-state index in [4.69, 9.17) is 33.0 Å². The number of carboxylic acid groups (broad SMARTS) is 1. The molecule has 7 heteroatoms. The van der Waals surface area contributed by atoms with Crippen LogP contribution in [0.25, 0.3) is 0 Å². The Bertz CT molecular complexity index is 540. The van der Waals surface area contributed by atoms with Gasteiger partial charge in [-0.15, -0.1) is 0 Å². The minimum atomic E-state index is -0.903. The van der Waals surface area contributed by atoms with Crippen molar-refractivity contribution in [2.75, 3.05) is 0 Å². The number of hydrogen-bond donors (Lipinski definition) is 2. The average molecular weight is 348 g/mol. The lowest BCUT2D eigenvalue weighted by Crippen LogP contribution is -2.48. The summed E-state index contributed by atoms with van der Waals surface area (Å²) in [5, 5.41) is 12.3. The summed E-state index contributed by atoms with van der Waals surface area (Å²) in [6.45, 7) is 5.12. The smallest absolute Gasteiger partial charge is 0.303 e. The molecule has 1 unspecified atom stereocenters. The normalized spacial score (nSPS) is 12.6. The van der Waals surface area contributed by atoms with Gasteiger partial charge >= 0.3 is 5.97 Å². The zero-order chi connectivity index (χ0) is 16.9. The molecule has 0 saturated carbocycles. The van der Waals surface area contributed by atoms with Crippen molar-refractivity contribution < 1.29 is 19.4 Å². The van der Waals surface area contributed by atoms with Crippen LogP contribution in [0.2, 0.25) is 10.0 Å². The van der Waals surface area contributed by atoms with Crippen molar-refractivity contribution in [3.8, 4) is 5.75 Å². The van der Waals surface area contributed by atoms with E-state index in [9.17, 15) is 9.59 Å². The van der Waals surface area contributed by atoms with Gasteiger partial charge in [0, 0.05) is 22.0 Å². The zero-order valence-electron chi connectivity index (χ0n) is 12.7. The van der Waals surface area contributed by atoms with E-state index in [1.807, 2.05) is 0 Å². The Morgan fingerprint density at radius 2 is 1.82 bits per heavy atom. The van der Waals surface area contributed by atoms with E-state index in [2.05, 4.69) is 5.32 Å². The Balaban J connectivity index is 2.62. The fraction of sp³-hybridized carbons (Fsp3) is 0.467. The highest BCUT2D eigenvalue weighted by molar-refractivity contribution is 6.34. The largest absolute Gasteiger partial charge is 0.481 e. The van der Waals surface area contributed by atoms with Crippen molar-refractivity contribution in [3.63, 3.8) is 0 Å². The second kappa shape index (κ2) is 7.70. The molecule has 2 N–H and O–H groups in total. The molecular formula is C15H19Cl2NO4. The highest BCUT2D eigenvalue weighted by Gasteiger charge is 2.25. The predicted molar refractivity (Wildman–Crippen MR) is 85.6 cm³/mol. The molecule has 0 heterocycles. The molecule has 1 amide bonds. The van der Waals surface area contributed by atoms with Crippen LogP contribution in [-0.4, -0.2) is 28.6 Å². The summed E-state index contributed by atoms with van der Waals surface area (Å²) in [5.41, 5.74) is -0.640. The Hall–Kier alpha value is -1.46. The van der Waals surface area contributed by atoms with Crippen LogP contribution < -0.4 is 10.1 Å². The second-order valence-corrected chi connectivity index (χ2v) is 6.50. The molecule has 122 valence electrons. The molecular weight excluding hydrogens is 329 g/mol. The highest BCUT2D eigenvalue weighted by atomic mass is 35.5. The number of benzene rings is 1. The fourth-order valence-corrected chi connectivity index (χ4v) is 2.28. The van der Waals surface area contributed by atoms with Gasteiger partial charge in [-0.05, 0) is 45.4 Å². The summed E-state index contributed by atoms with van der Waals surface area (Å²) in [6.07, 6.45) is -0.463. The Morgan fingerprint density at radius 3 is 2.32 bits per heavy atom. The van der Waals surface area contributed by atoms with Crippen LogP contribution in [0, 0.1) is 0 Å². The topological polar surface area (TPSA) is 75.6 Å². The van der Waals surface area contributed by atoms with Gasteiger partial charge in [-0.1, -0.05) is 23.2 Å². The first-order valence-corrected chi connectivity index (χ1v) is 7.51. The van der Waals surface area contributed by atoms with Crippen LogP contribution >= 0.6 is 23.2 Å². The summed E-state index contributed by atoms with van der Waals surface area (Å²) in [5.74, 6) is -0.852. The van der Waals surface area contributed by atoms with Gasteiger partial charge in [0.15, 0.2) is 6.10 Å². The molecule has 0 aliphatic rings. The third-order valence-corrected chi connectivity index (χ3v) is 3.38. The van der Waals surface area contributed by atoms with Crippen LogP contribution in [0.1, 0.15) is 33.6 Å². The average Bonchev–Trinajstić information content (AvgIpc) is 2.34. The first kappa shape index (κ1) is 18.6. The lowest BCUT2D eigenvalue weighted by Gasteiger charge is -2.27. The lowest BCUT2D eigenvalue weighted by molar-refractivity contribution is -0.138. The predicted octanol–water partition coefficient (Wildman–Crippen LogP) is 3.52. The summed E-state index contributed by atoms with van der Waals surface area (Å²) in [7, 11) is 0. The quantitative estimate of drug-likeness (QED) is 0.791. The molecule has 0 aromatic heterocycles. The molecule has 1 rings (SSSR count). The molecule has 5 nitrogen and oxygen atoms in total. The third kappa shape index (κ3) is 6.54. The first-order chi connectivity index (χ1) is 10.1. The van der Waals surface area contributed by atoms with Crippen LogP contribution in [0.4, 0.5) is 0 Å². The molecule has 0 spiro atoms. The van der Waals surface area contributed by atoms with Crippen LogP contribution in [0.15, 0.2) is 18.2 Å². The molecule has 1 aromatic rings. The van der Waals surface area contributed by atoms with Crippen molar-refractivity contribution in [2.24, 2.45) is 0 Å². The molecule has 0 aliphatic carbocycles. The van der Waals surface area contributed by atoms with Crippen LogP contribution in [-0.2, 0) is 9.59 Å². The highest BCUT2D eigenvalue weighted by Crippen LogP contribution is 2.25.